The van der Waals surface area contributed by atoms with Gasteiger partial charge in [-0.1, -0.05) is 30.3 Å². The van der Waals surface area contributed by atoms with Crippen LogP contribution in [0.4, 0.5) is 5.69 Å². The Hall–Kier alpha value is -4.13. The van der Waals surface area contributed by atoms with E-state index in [0.29, 0.717) is 27.8 Å². The standard InChI is InChI=1S/C16H15N3O.C9H12BNO3/c1-19(2)16(20)12-5-3-11(4-6-12)13-7-8-15(18)14(9-13)10-17;1-11(2)9(12)7-3-5-8(6-4-7)10(13)14/h3-9H,18H2,1-2H3;3-6,13-14H,1-2H3. The quantitative estimate of drug-likeness (QED) is 0.402. The van der Waals surface area contributed by atoms with Gasteiger partial charge in [-0.3, -0.25) is 9.59 Å². The number of anilines is 1. The van der Waals surface area contributed by atoms with Gasteiger partial charge in [-0.25, -0.2) is 0 Å². The first kappa shape index (κ1) is 26.1. The van der Waals surface area contributed by atoms with E-state index in [1.165, 1.54) is 21.9 Å². The van der Waals surface area contributed by atoms with Crippen LogP contribution in [0.2, 0.25) is 0 Å². The van der Waals surface area contributed by atoms with Crippen LogP contribution in [0.5, 0.6) is 0 Å². The highest BCUT2D eigenvalue weighted by atomic mass is 16.4. The molecule has 0 atom stereocenters. The fourth-order valence-electron chi connectivity index (χ4n) is 2.95. The van der Waals surface area contributed by atoms with Gasteiger partial charge in [0.05, 0.1) is 5.56 Å². The van der Waals surface area contributed by atoms with Crippen LogP contribution in [0, 0.1) is 11.3 Å². The van der Waals surface area contributed by atoms with Crippen molar-refractivity contribution >= 4 is 30.1 Å². The Morgan fingerprint density at radius 3 is 1.65 bits per heavy atom. The number of hydrogen-bond acceptors (Lipinski definition) is 6. The highest BCUT2D eigenvalue weighted by molar-refractivity contribution is 6.58. The van der Waals surface area contributed by atoms with Gasteiger partial charge in [-0.05, 0) is 53.0 Å². The van der Waals surface area contributed by atoms with Crippen molar-refractivity contribution in [3.05, 3.63) is 83.4 Å². The monoisotopic (exact) mass is 458 g/mol. The van der Waals surface area contributed by atoms with Crippen LogP contribution < -0.4 is 11.2 Å². The molecule has 3 aromatic rings. The van der Waals surface area contributed by atoms with Crippen LogP contribution in [-0.4, -0.2) is 67.0 Å². The summed E-state index contributed by atoms with van der Waals surface area (Å²) in [4.78, 5) is 26.2. The molecule has 3 rings (SSSR count). The Labute approximate surface area is 199 Å². The molecular formula is C25H27BN4O4. The predicted molar refractivity (Wildman–Crippen MR) is 133 cm³/mol. The van der Waals surface area contributed by atoms with E-state index in [9.17, 15) is 9.59 Å². The lowest BCUT2D eigenvalue weighted by Crippen LogP contribution is -2.30. The van der Waals surface area contributed by atoms with E-state index < -0.39 is 7.12 Å². The van der Waals surface area contributed by atoms with Crippen molar-refractivity contribution in [1.82, 2.24) is 9.80 Å². The number of carbonyl (C=O) groups is 2. The number of rotatable bonds is 4. The third-order valence-electron chi connectivity index (χ3n) is 4.91. The van der Waals surface area contributed by atoms with Gasteiger partial charge in [-0.15, -0.1) is 0 Å². The zero-order valence-electron chi connectivity index (χ0n) is 19.6. The molecule has 34 heavy (non-hydrogen) atoms. The summed E-state index contributed by atoms with van der Waals surface area (Å²) < 4.78 is 0. The normalized spacial score (nSPS) is 9.79. The van der Waals surface area contributed by atoms with Crippen molar-refractivity contribution in [1.29, 1.82) is 5.26 Å². The Bertz CT molecular complexity index is 1190. The molecule has 0 aliphatic rings. The summed E-state index contributed by atoms with van der Waals surface area (Å²) in [7, 11) is 5.28. The number of nitrogens with zero attached hydrogens (tertiary/aromatic N) is 3. The second-order valence-electron chi connectivity index (χ2n) is 7.89. The number of benzene rings is 3. The van der Waals surface area contributed by atoms with E-state index in [4.69, 9.17) is 21.0 Å². The maximum absolute atomic E-state index is 11.8. The second kappa shape index (κ2) is 11.7. The lowest BCUT2D eigenvalue weighted by molar-refractivity contribution is 0.0820. The molecule has 4 N–H and O–H groups in total. The molecule has 0 bridgehead atoms. The van der Waals surface area contributed by atoms with Crippen LogP contribution in [0.3, 0.4) is 0 Å². The highest BCUT2D eigenvalue weighted by Crippen LogP contribution is 2.24. The second-order valence-corrected chi connectivity index (χ2v) is 7.89. The molecule has 0 fully saturated rings. The summed E-state index contributed by atoms with van der Waals surface area (Å²) in [6.07, 6.45) is 0. The number of carbonyl (C=O) groups excluding carboxylic acids is 2. The lowest BCUT2D eigenvalue weighted by atomic mass is 9.80. The zero-order chi connectivity index (χ0) is 25.4. The lowest BCUT2D eigenvalue weighted by Gasteiger charge is -2.10. The highest BCUT2D eigenvalue weighted by Gasteiger charge is 2.12. The van der Waals surface area contributed by atoms with Gasteiger partial charge in [-0.2, -0.15) is 5.26 Å². The predicted octanol–water partition coefficient (Wildman–Crippen LogP) is 1.58. The van der Waals surface area contributed by atoms with E-state index in [1.54, 1.807) is 64.6 Å². The molecule has 0 aliphatic carbocycles. The Kier molecular flexibility index (Phi) is 8.96. The van der Waals surface area contributed by atoms with Crippen molar-refractivity contribution in [2.45, 2.75) is 0 Å². The largest absolute Gasteiger partial charge is 0.488 e. The smallest absolute Gasteiger partial charge is 0.423 e. The molecule has 174 valence electrons. The van der Waals surface area contributed by atoms with Gasteiger partial charge >= 0.3 is 7.12 Å². The van der Waals surface area contributed by atoms with Crippen LogP contribution in [-0.2, 0) is 0 Å². The molecule has 2 amide bonds. The summed E-state index contributed by atoms with van der Waals surface area (Å²) in [6, 6.07) is 20.8. The summed E-state index contributed by atoms with van der Waals surface area (Å²) in [5.41, 5.74) is 10.0. The van der Waals surface area contributed by atoms with Crippen molar-refractivity contribution in [3.8, 4) is 17.2 Å². The van der Waals surface area contributed by atoms with Crippen molar-refractivity contribution in [2.75, 3.05) is 33.9 Å². The molecular weight excluding hydrogens is 431 g/mol. The van der Waals surface area contributed by atoms with Gasteiger partial charge in [0, 0.05) is 45.0 Å². The molecule has 0 aromatic heterocycles. The molecule has 0 unspecified atom stereocenters. The summed E-state index contributed by atoms with van der Waals surface area (Å²) >= 11 is 0. The van der Waals surface area contributed by atoms with Crippen LogP contribution in [0.15, 0.2) is 66.7 Å². The van der Waals surface area contributed by atoms with Gasteiger partial charge in [0.15, 0.2) is 0 Å². The fraction of sp³-hybridized carbons (Fsp3) is 0.160. The van der Waals surface area contributed by atoms with Crippen LogP contribution in [0.25, 0.3) is 11.1 Å². The summed E-state index contributed by atoms with van der Waals surface area (Å²) in [6.45, 7) is 0. The summed E-state index contributed by atoms with van der Waals surface area (Å²) in [5, 5.41) is 26.6. The minimum Gasteiger partial charge on any atom is -0.423 e. The molecule has 0 radical (unpaired) electrons. The molecule has 0 aliphatic heterocycles. The Balaban J connectivity index is 0.000000257. The number of nitrogen functional groups attached to an aromatic ring is 1. The third kappa shape index (κ3) is 6.69. The van der Waals surface area contributed by atoms with Crippen LogP contribution in [0.1, 0.15) is 26.3 Å². The van der Waals surface area contributed by atoms with Gasteiger partial charge in [0.25, 0.3) is 11.8 Å². The van der Waals surface area contributed by atoms with Crippen molar-refractivity contribution < 1.29 is 19.6 Å². The topological polar surface area (TPSA) is 131 Å². The summed E-state index contributed by atoms with van der Waals surface area (Å²) in [5.74, 6) is -0.143. The first-order chi connectivity index (χ1) is 16.0. The Morgan fingerprint density at radius 1 is 0.794 bits per heavy atom. The van der Waals surface area contributed by atoms with E-state index in [0.717, 1.165) is 11.1 Å². The number of nitrogens with two attached hydrogens (primary N) is 1. The van der Waals surface area contributed by atoms with Gasteiger partial charge in [0.2, 0.25) is 0 Å². The Morgan fingerprint density at radius 2 is 1.24 bits per heavy atom. The first-order valence-corrected chi connectivity index (χ1v) is 10.3. The SMILES string of the molecule is CN(C)C(=O)c1ccc(-c2ccc(N)c(C#N)c2)cc1.CN(C)C(=O)c1ccc(B(O)O)cc1. The number of nitriles is 1. The first-order valence-electron chi connectivity index (χ1n) is 10.3. The average molecular weight is 458 g/mol. The number of hydrogen-bond donors (Lipinski definition) is 3. The van der Waals surface area contributed by atoms with E-state index in [-0.39, 0.29) is 11.8 Å². The van der Waals surface area contributed by atoms with E-state index in [1.807, 2.05) is 18.2 Å². The molecule has 3 aromatic carbocycles. The minimum atomic E-state index is -1.49. The molecule has 8 nitrogen and oxygen atoms in total. The fourth-order valence-corrected chi connectivity index (χ4v) is 2.95. The molecule has 0 heterocycles. The third-order valence-corrected chi connectivity index (χ3v) is 4.91. The van der Waals surface area contributed by atoms with E-state index in [2.05, 4.69) is 6.07 Å². The van der Waals surface area contributed by atoms with Crippen molar-refractivity contribution in [3.63, 3.8) is 0 Å². The van der Waals surface area contributed by atoms with Crippen LogP contribution >= 0.6 is 0 Å². The molecule has 9 heteroatoms. The maximum Gasteiger partial charge on any atom is 0.488 e. The molecule has 0 saturated heterocycles. The maximum atomic E-state index is 11.8. The average Bonchev–Trinajstić information content (AvgIpc) is 2.83. The van der Waals surface area contributed by atoms with Gasteiger partial charge < -0.3 is 25.6 Å². The number of amides is 2. The minimum absolute atomic E-state index is 0.0356. The van der Waals surface area contributed by atoms with E-state index >= 15 is 0 Å². The zero-order valence-corrected chi connectivity index (χ0v) is 19.6. The molecule has 0 saturated carbocycles. The molecule has 0 spiro atoms. The van der Waals surface area contributed by atoms with Gasteiger partial charge in [0.1, 0.15) is 6.07 Å². The van der Waals surface area contributed by atoms with Crippen molar-refractivity contribution in [2.24, 2.45) is 0 Å².